The number of thiophene rings is 1. The van der Waals surface area contributed by atoms with E-state index in [9.17, 15) is 9.59 Å². The first-order valence-electron chi connectivity index (χ1n) is 4.38. The zero-order chi connectivity index (χ0) is 10.1. The van der Waals surface area contributed by atoms with Gasteiger partial charge in [-0.25, -0.2) is 0 Å². The number of ether oxygens (including phenoxy) is 1. The number of carbonyl (C=O) groups is 2. The van der Waals surface area contributed by atoms with Crippen LogP contribution in [0.1, 0.15) is 16.8 Å². The van der Waals surface area contributed by atoms with Crippen molar-refractivity contribution in [2.45, 2.75) is 6.42 Å². The molecule has 1 aliphatic carbocycles. The van der Waals surface area contributed by atoms with Crippen LogP contribution in [0.25, 0.3) is 0 Å². The molecule has 1 aliphatic rings. The fraction of sp³-hybridized carbons (Fsp3) is 0.400. The van der Waals surface area contributed by atoms with Crippen molar-refractivity contribution in [1.82, 2.24) is 0 Å². The third-order valence-electron chi connectivity index (χ3n) is 2.44. The molecule has 4 heteroatoms. The van der Waals surface area contributed by atoms with Gasteiger partial charge in [-0.15, -0.1) is 0 Å². The molecule has 0 bridgehead atoms. The van der Waals surface area contributed by atoms with E-state index in [4.69, 9.17) is 0 Å². The lowest BCUT2D eigenvalue weighted by Crippen LogP contribution is -2.09. The van der Waals surface area contributed by atoms with E-state index in [-0.39, 0.29) is 23.6 Å². The van der Waals surface area contributed by atoms with Crippen molar-refractivity contribution >= 4 is 23.1 Å². The first kappa shape index (κ1) is 9.40. The minimum atomic E-state index is -0.265. The summed E-state index contributed by atoms with van der Waals surface area (Å²) < 4.78 is 4.58. The second-order valence-corrected chi connectivity index (χ2v) is 4.13. The zero-order valence-electron chi connectivity index (χ0n) is 7.73. The van der Waals surface area contributed by atoms with Gasteiger partial charge in [0, 0.05) is 16.9 Å². The second kappa shape index (κ2) is 3.53. The summed E-state index contributed by atoms with van der Waals surface area (Å²) in [6, 6.07) is 1.79. The normalized spacial score (nSPS) is 24.4. The van der Waals surface area contributed by atoms with Crippen LogP contribution < -0.4 is 0 Å². The van der Waals surface area contributed by atoms with E-state index in [2.05, 4.69) is 4.74 Å². The van der Waals surface area contributed by atoms with Gasteiger partial charge in [0.15, 0.2) is 5.78 Å². The molecule has 2 atom stereocenters. The summed E-state index contributed by atoms with van der Waals surface area (Å²) in [7, 11) is 1.35. The molecule has 0 unspecified atom stereocenters. The first-order valence-corrected chi connectivity index (χ1v) is 5.32. The average molecular weight is 210 g/mol. The van der Waals surface area contributed by atoms with Crippen LogP contribution in [0.3, 0.4) is 0 Å². The molecular formula is C10H10O3S. The molecule has 0 radical (unpaired) electrons. The van der Waals surface area contributed by atoms with Gasteiger partial charge < -0.3 is 4.74 Å². The van der Waals surface area contributed by atoms with Gasteiger partial charge in [0.2, 0.25) is 0 Å². The number of esters is 1. The predicted molar refractivity (Wildman–Crippen MR) is 52.3 cm³/mol. The van der Waals surface area contributed by atoms with E-state index in [1.54, 1.807) is 6.07 Å². The Hall–Kier alpha value is -1.16. The van der Waals surface area contributed by atoms with E-state index in [1.165, 1.54) is 18.4 Å². The largest absolute Gasteiger partial charge is 0.469 e. The number of methoxy groups -OCH3 is 1. The van der Waals surface area contributed by atoms with Gasteiger partial charge in [0.05, 0.1) is 13.0 Å². The fourth-order valence-corrected chi connectivity index (χ4v) is 2.16. The Bertz CT molecular complexity index is 355. The molecule has 1 heterocycles. The van der Waals surface area contributed by atoms with Crippen LogP contribution in [0.15, 0.2) is 16.8 Å². The molecule has 0 amide bonds. The molecule has 1 aromatic heterocycles. The van der Waals surface area contributed by atoms with Crippen LogP contribution in [0.4, 0.5) is 0 Å². The summed E-state index contributed by atoms with van der Waals surface area (Å²) in [5.74, 6) is -0.537. The average Bonchev–Trinajstić information content (AvgIpc) is 2.81. The van der Waals surface area contributed by atoms with E-state index in [0.29, 0.717) is 12.0 Å². The summed E-state index contributed by atoms with van der Waals surface area (Å²) in [5.41, 5.74) is 0.714. The quantitative estimate of drug-likeness (QED) is 0.563. The Morgan fingerprint density at radius 1 is 1.50 bits per heavy atom. The Balaban J connectivity index is 2.00. The smallest absolute Gasteiger partial charge is 0.309 e. The fourth-order valence-electron chi connectivity index (χ4n) is 1.52. The number of hydrogen-bond donors (Lipinski definition) is 0. The van der Waals surface area contributed by atoms with Crippen molar-refractivity contribution in [2.75, 3.05) is 7.11 Å². The minimum absolute atomic E-state index is 0.0710. The molecule has 0 aliphatic heterocycles. The summed E-state index contributed by atoms with van der Waals surface area (Å²) >= 11 is 1.49. The Morgan fingerprint density at radius 3 is 2.86 bits per heavy atom. The van der Waals surface area contributed by atoms with Crippen molar-refractivity contribution < 1.29 is 14.3 Å². The highest BCUT2D eigenvalue weighted by Gasteiger charge is 2.48. The SMILES string of the molecule is COC(=O)[C@H]1C[C@@H]1C(=O)c1ccsc1. The summed E-state index contributed by atoms with van der Waals surface area (Å²) in [4.78, 5) is 22.8. The lowest BCUT2D eigenvalue weighted by Gasteiger charge is -1.96. The molecule has 0 N–H and O–H groups in total. The van der Waals surface area contributed by atoms with Crippen molar-refractivity contribution in [3.63, 3.8) is 0 Å². The van der Waals surface area contributed by atoms with Gasteiger partial charge in [-0.2, -0.15) is 11.3 Å². The maximum absolute atomic E-state index is 11.7. The molecule has 14 heavy (non-hydrogen) atoms. The number of carbonyl (C=O) groups excluding carboxylic acids is 2. The third-order valence-corrected chi connectivity index (χ3v) is 3.12. The Morgan fingerprint density at radius 2 is 2.29 bits per heavy atom. The molecule has 0 saturated heterocycles. The van der Waals surface area contributed by atoms with E-state index >= 15 is 0 Å². The van der Waals surface area contributed by atoms with Crippen LogP contribution in [-0.2, 0) is 9.53 Å². The molecule has 0 aromatic carbocycles. The lowest BCUT2D eigenvalue weighted by molar-refractivity contribution is -0.142. The van der Waals surface area contributed by atoms with Crippen molar-refractivity contribution in [3.8, 4) is 0 Å². The lowest BCUT2D eigenvalue weighted by atomic mass is 10.1. The van der Waals surface area contributed by atoms with E-state index < -0.39 is 0 Å². The Kier molecular flexibility index (Phi) is 2.37. The molecule has 3 nitrogen and oxygen atoms in total. The highest BCUT2D eigenvalue weighted by atomic mass is 32.1. The van der Waals surface area contributed by atoms with Gasteiger partial charge in [-0.05, 0) is 17.9 Å². The van der Waals surface area contributed by atoms with Crippen LogP contribution in [0.5, 0.6) is 0 Å². The molecule has 1 saturated carbocycles. The van der Waals surface area contributed by atoms with E-state index in [1.807, 2.05) is 10.8 Å². The monoisotopic (exact) mass is 210 g/mol. The molecule has 74 valence electrons. The summed E-state index contributed by atoms with van der Waals surface area (Å²) in [5, 5.41) is 3.68. The molecule has 2 rings (SSSR count). The molecule has 0 spiro atoms. The summed E-state index contributed by atoms with van der Waals surface area (Å²) in [6.07, 6.45) is 0.640. The maximum Gasteiger partial charge on any atom is 0.309 e. The van der Waals surface area contributed by atoms with E-state index in [0.717, 1.165) is 0 Å². The summed E-state index contributed by atoms with van der Waals surface area (Å²) in [6.45, 7) is 0. The molecule has 1 fully saturated rings. The number of ketones is 1. The van der Waals surface area contributed by atoms with Crippen molar-refractivity contribution in [1.29, 1.82) is 0 Å². The second-order valence-electron chi connectivity index (χ2n) is 3.35. The van der Waals surface area contributed by atoms with Crippen molar-refractivity contribution in [2.24, 2.45) is 11.8 Å². The van der Waals surface area contributed by atoms with Crippen LogP contribution in [-0.4, -0.2) is 18.9 Å². The van der Waals surface area contributed by atoms with Gasteiger partial charge >= 0.3 is 5.97 Å². The van der Waals surface area contributed by atoms with Crippen LogP contribution in [0, 0.1) is 11.8 Å². The molecule has 1 aromatic rings. The Labute approximate surface area is 85.7 Å². The van der Waals surface area contributed by atoms with Crippen LogP contribution in [0.2, 0.25) is 0 Å². The highest BCUT2D eigenvalue weighted by molar-refractivity contribution is 7.08. The maximum atomic E-state index is 11.7. The van der Waals surface area contributed by atoms with Crippen LogP contribution >= 0.6 is 11.3 Å². The van der Waals surface area contributed by atoms with Gasteiger partial charge in [-0.3, -0.25) is 9.59 Å². The highest BCUT2D eigenvalue weighted by Crippen LogP contribution is 2.41. The third kappa shape index (κ3) is 1.57. The number of rotatable bonds is 3. The van der Waals surface area contributed by atoms with Crippen molar-refractivity contribution in [3.05, 3.63) is 22.4 Å². The first-order chi connectivity index (χ1) is 6.74. The van der Waals surface area contributed by atoms with Gasteiger partial charge in [0.25, 0.3) is 0 Å². The zero-order valence-corrected chi connectivity index (χ0v) is 8.54. The van der Waals surface area contributed by atoms with Gasteiger partial charge in [0.1, 0.15) is 0 Å². The number of hydrogen-bond acceptors (Lipinski definition) is 4. The minimum Gasteiger partial charge on any atom is -0.469 e. The number of Topliss-reactive ketones (excluding diaryl/α,β-unsaturated/α-hetero) is 1. The topological polar surface area (TPSA) is 43.4 Å². The van der Waals surface area contributed by atoms with Gasteiger partial charge in [-0.1, -0.05) is 0 Å². The predicted octanol–water partition coefficient (Wildman–Crippen LogP) is 1.74. The molecular weight excluding hydrogens is 200 g/mol. The standard InChI is InChI=1S/C10H10O3S/c1-13-10(12)8-4-7(8)9(11)6-2-3-14-5-6/h2-3,5,7-8H,4H2,1H3/t7-,8-/m0/s1.